The SMILES string of the molecule is CC(C)(N)CS(=O)(=O)CCCC(C)(C)C#N. The van der Waals surface area contributed by atoms with E-state index in [9.17, 15) is 8.42 Å². The average molecular weight is 246 g/mol. The molecule has 0 saturated heterocycles. The molecule has 0 aliphatic carbocycles. The van der Waals surface area contributed by atoms with Gasteiger partial charge in [0.1, 0.15) is 0 Å². The summed E-state index contributed by atoms with van der Waals surface area (Å²) in [6.45, 7) is 7.02. The lowest BCUT2D eigenvalue weighted by Crippen LogP contribution is -2.40. The lowest BCUT2D eigenvalue weighted by molar-refractivity contribution is 0.444. The fourth-order valence-corrected chi connectivity index (χ4v) is 3.29. The average Bonchev–Trinajstić information content (AvgIpc) is 1.98. The number of rotatable bonds is 6. The summed E-state index contributed by atoms with van der Waals surface area (Å²) in [6, 6.07) is 2.16. The van der Waals surface area contributed by atoms with Crippen LogP contribution in [0.5, 0.6) is 0 Å². The molecule has 0 saturated carbocycles. The van der Waals surface area contributed by atoms with E-state index >= 15 is 0 Å². The first kappa shape index (κ1) is 15.4. The van der Waals surface area contributed by atoms with Crippen molar-refractivity contribution in [2.45, 2.75) is 46.1 Å². The third kappa shape index (κ3) is 7.66. The molecule has 0 unspecified atom stereocenters. The molecule has 0 rings (SSSR count). The molecule has 5 heteroatoms. The van der Waals surface area contributed by atoms with Crippen LogP contribution in [0.15, 0.2) is 0 Å². The van der Waals surface area contributed by atoms with Gasteiger partial charge in [-0.1, -0.05) is 0 Å². The Hall–Kier alpha value is -0.600. The van der Waals surface area contributed by atoms with Crippen molar-refractivity contribution in [3.63, 3.8) is 0 Å². The minimum atomic E-state index is -3.10. The molecule has 0 aromatic heterocycles. The zero-order valence-electron chi connectivity index (χ0n) is 10.6. The van der Waals surface area contributed by atoms with Crippen LogP contribution in [0.25, 0.3) is 0 Å². The molecule has 0 bridgehead atoms. The van der Waals surface area contributed by atoms with E-state index in [-0.39, 0.29) is 11.5 Å². The van der Waals surface area contributed by atoms with Crippen molar-refractivity contribution in [1.82, 2.24) is 0 Å². The fraction of sp³-hybridized carbons (Fsp3) is 0.909. The Morgan fingerprint density at radius 3 is 2.12 bits per heavy atom. The van der Waals surface area contributed by atoms with Crippen molar-refractivity contribution in [1.29, 1.82) is 5.26 Å². The summed E-state index contributed by atoms with van der Waals surface area (Å²) in [7, 11) is -3.10. The van der Waals surface area contributed by atoms with Crippen LogP contribution >= 0.6 is 0 Å². The summed E-state index contributed by atoms with van der Waals surface area (Å²) in [5, 5.41) is 8.79. The molecule has 2 N–H and O–H groups in total. The first-order valence-electron chi connectivity index (χ1n) is 5.38. The largest absolute Gasteiger partial charge is 0.325 e. The van der Waals surface area contributed by atoms with E-state index < -0.39 is 20.8 Å². The van der Waals surface area contributed by atoms with Crippen molar-refractivity contribution in [2.24, 2.45) is 11.1 Å². The van der Waals surface area contributed by atoms with E-state index in [2.05, 4.69) is 6.07 Å². The van der Waals surface area contributed by atoms with Crippen LogP contribution in [0, 0.1) is 16.7 Å². The van der Waals surface area contributed by atoms with Crippen molar-refractivity contribution in [3.8, 4) is 6.07 Å². The van der Waals surface area contributed by atoms with Crippen LogP contribution in [0.1, 0.15) is 40.5 Å². The number of hydrogen-bond donors (Lipinski definition) is 1. The summed E-state index contributed by atoms with van der Waals surface area (Å²) in [4.78, 5) is 0. The number of sulfone groups is 1. The van der Waals surface area contributed by atoms with Gasteiger partial charge in [-0.15, -0.1) is 0 Å². The molecule has 0 fully saturated rings. The molecule has 0 aliphatic heterocycles. The van der Waals surface area contributed by atoms with Crippen molar-refractivity contribution in [2.75, 3.05) is 11.5 Å². The van der Waals surface area contributed by atoms with Crippen molar-refractivity contribution in [3.05, 3.63) is 0 Å². The van der Waals surface area contributed by atoms with Gasteiger partial charge in [-0.25, -0.2) is 8.42 Å². The Balaban J connectivity index is 4.19. The van der Waals surface area contributed by atoms with Gasteiger partial charge in [-0.2, -0.15) is 5.26 Å². The van der Waals surface area contributed by atoms with Gasteiger partial charge >= 0.3 is 0 Å². The molecule has 94 valence electrons. The highest BCUT2D eigenvalue weighted by atomic mass is 32.2. The topological polar surface area (TPSA) is 84.0 Å². The Morgan fingerprint density at radius 1 is 1.25 bits per heavy atom. The fourth-order valence-electron chi connectivity index (χ4n) is 1.43. The summed E-state index contributed by atoms with van der Waals surface area (Å²) in [5.74, 6) is 0.103. The minimum absolute atomic E-state index is 0.00696. The second-order valence-corrected chi connectivity index (χ2v) is 7.86. The van der Waals surface area contributed by atoms with E-state index in [1.54, 1.807) is 13.8 Å². The van der Waals surface area contributed by atoms with Crippen LogP contribution in [0.4, 0.5) is 0 Å². The minimum Gasteiger partial charge on any atom is -0.325 e. The Bertz CT molecular complexity index is 358. The third-order valence-electron chi connectivity index (χ3n) is 2.15. The number of nitriles is 1. The molecule has 0 radical (unpaired) electrons. The first-order chi connectivity index (χ1) is 6.97. The van der Waals surface area contributed by atoms with Crippen molar-refractivity contribution < 1.29 is 8.42 Å². The summed E-state index contributed by atoms with van der Waals surface area (Å²) >= 11 is 0. The first-order valence-corrected chi connectivity index (χ1v) is 7.20. The van der Waals surface area contributed by atoms with Crippen LogP contribution in [0.3, 0.4) is 0 Å². The Kier molecular flexibility index (Phi) is 4.96. The normalized spacial score (nSPS) is 13.5. The smallest absolute Gasteiger partial charge is 0.152 e. The summed E-state index contributed by atoms with van der Waals surface area (Å²) < 4.78 is 23.3. The highest BCUT2D eigenvalue weighted by Crippen LogP contribution is 2.21. The lowest BCUT2D eigenvalue weighted by atomic mass is 9.90. The van der Waals surface area contributed by atoms with Gasteiger partial charge in [0.25, 0.3) is 0 Å². The molecule has 0 amide bonds. The van der Waals surface area contributed by atoms with Gasteiger partial charge in [0.2, 0.25) is 0 Å². The number of hydrogen-bond acceptors (Lipinski definition) is 4. The lowest BCUT2D eigenvalue weighted by Gasteiger charge is -2.19. The van der Waals surface area contributed by atoms with E-state index in [1.807, 2.05) is 13.8 Å². The van der Waals surface area contributed by atoms with Crippen LogP contribution < -0.4 is 5.73 Å². The molecule has 0 aromatic carbocycles. The predicted molar refractivity (Wildman–Crippen MR) is 65.5 cm³/mol. The molecule has 0 aliphatic rings. The summed E-state index contributed by atoms with van der Waals surface area (Å²) in [5.41, 5.74) is 4.53. The van der Waals surface area contributed by atoms with Crippen LogP contribution in [-0.4, -0.2) is 25.5 Å². The second-order valence-electron chi connectivity index (χ2n) is 5.68. The summed E-state index contributed by atoms with van der Waals surface area (Å²) in [6.07, 6.45) is 1.10. The highest BCUT2D eigenvalue weighted by molar-refractivity contribution is 7.91. The molecular formula is C11H22N2O2S. The highest BCUT2D eigenvalue weighted by Gasteiger charge is 2.23. The quantitative estimate of drug-likeness (QED) is 0.769. The second kappa shape index (κ2) is 5.15. The molecule has 4 nitrogen and oxygen atoms in total. The van der Waals surface area contributed by atoms with Crippen molar-refractivity contribution >= 4 is 9.84 Å². The van der Waals surface area contributed by atoms with E-state index in [4.69, 9.17) is 11.0 Å². The maximum absolute atomic E-state index is 11.7. The Morgan fingerprint density at radius 2 is 1.75 bits per heavy atom. The predicted octanol–water partition coefficient (Wildman–Crippen LogP) is 1.47. The molecule has 16 heavy (non-hydrogen) atoms. The number of nitrogens with two attached hydrogens (primary N) is 1. The monoisotopic (exact) mass is 246 g/mol. The van der Waals surface area contributed by atoms with E-state index in [0.29, 0.717) is 12.8 Å². The van der Waals surface area contributed by atoms with Crippen LogP contribution in [-0.2, 0) is 9.84 Å². The van der Waals surface area contributed by atoms with Gasteiger partial charge < -0.3 is 5.73 Å². The molecule has 0 heterocycles. The van der Waals surface area contributed by atoms with Gasteiger partial charge in [-0.3, -0.25) is 0 Å². The van der Waals surface area contributed by atoms with Gasteiger partial charge in [-0.05, 0) is 40.5 Å². The maximum Gasteiger partial charge on any atom is 0.152 e. The number of nitrogens with zero attached hydrogens (tertiary/aromatic N) is 1. The standard InChI is InChI=1S/C11H22N2O2S/c1-10(2,8-12)6-5-7-16(14,15)9-11(3,4)13/h5-7,9,13H2,1-4H3. The van der Waals surface area contributed by atoms with Gasteiger partial charge in [0.05, 0.1) is 23.0 Å². The molecular weight excluding hydrogens is 224 g/mol. The Labute approximate surface area is 98.7 Å². The van der Waals surface area contributed by atoms with Gasteiger partial charge in [0, 0.05) is 5.54 Å². The van der Waals surface area contributed by atoms with E-state index in [1.165, 1.54) is 0 Å². The molecule has 0 spiro atoms. The van der Waals surface area contributed by atoms with Crippen LogP contribution in [0.2, 0.25) is 0 Å². The molecule has 0 atom stereocenters. The third-order valence-corrected chi connectivity index (χ3v) is 4.25. The zero-order chi connectivity index (χ0) is 13.0. The van der Waals surface area contributed by atoms with Gasteiger partial charge in [0.15, 0.2) is 9.84 Å². The van der Waals surface area contributed by atoms with E-state index in [0.717, 1.165) is 0 Å². The molecule has 0 aromatic rings. The maximum atomic E-state index is 11.7. The zero-order valence-corrected chi connectivity index (χ0v) is 11.4.